The quantitative estimate of drug-likeness (QED) is 0.573. The second-order valence-electron chi connectivity index (χ2n) is 3.73. The van der Waals surface area contributed by atoms with Gasteiger partial charge in [-0.3, -0.25) is 0 Å². The number of nitrogens with two attached hydrogens (primary N) is 1. The minimum absolute atomic E-state index is 0.00280. The molecule has 90 valence electrons. The number of phenolic OH excluding ortho intramolecular Hbond substituents is 1. The van der Waals surface area contributed by atoms with Gasteiger partial charge in [0.15, 0.2) is 0 Å². The Morgan fingerprint density at radius 2 is 2.35 bits per heavy atom. The fourth-order valence-corrected chi connectivity index (χ4v) is 1.77. The van der Waals surface area contributed by atoms with Crippen LogP contribution in [0.3, 0.4) is 0 Å². The van der Waals surface area contributed by atoms with Crippen LogP contribution in [0, 0.1) is 0 Å². The predicted octanol–water partition coefficient (Wildman–Crippen LogP) is 1.06. The third-order valence-corrected chi connectivity index (χ3v) is 2.60. The van der Waals surface area contributed by atoms with Crippen LogP contribution in [-0.4, -0.2) is 29.4 Å². The number of phenols is 1. The topological polar surface area (TPSA) is 120 Å². The standard InChI is InChI=1S/C10H12N4O3/c11-10(17)14-13-8-1-6-5(4-15)3-12-7(6)2-9(8)16/h1-2,5,12,15-16H,3-4H2,(H2,11,17). The Kier molecular flexibility index (Phi) is 2.92. The normalized spacial score (nSPS) is 18.1. The highest BCUT2D eigenvalue weighted by Crippen LogP contribution is 2.39. The summed E-state index contributed by atoms with van der Waals surface area (Å²) in [6.07, 6.45) is 0. The molecule has 17 heavy (non-hydrogen) atoms. The fraction of sp³-hybridized carbons (Fsp3) is 0.300. The molecule has 1 heterocycles. The van der Waals surface area contributed by atoms with E-state index in [4.69, 9.17) is 10.8 Å². The van der Waals surface area contributed by atoms with Gasteiger partial charge in [-0.2, -0.15) is 0 Å². The van der Waals surface area contributed by atoms with Gasteiger partial charge in [0.05, 0.1) is 6.61 Å². The zero-order valence-corrected chi connectivity index (χ0v) is 8.92. The van der Waals surface area contributed by atoms with Crippen molar-refractivity contribution in [3.05, 3.63) is 17.7 Å². The third kappa shape index (κ3) is 2.18. The number of primary amides is 1. The number of hydrogen-bond acceptors (Lipinski definition) is 5. The molecule has 0 radical (unpaired) electrons. The molecule has 1 aromatic carbocycles. The van der Waals surface area contributed by atoms with E-state index >= 15 is 0 Å². The first-order valence-electron chi connectivity index (χ1n) is 5.04. The van der Waals surface area contributed by atoms with Crippen LogP contribution < -0.4 is 11.1 Å². The second-order valence-corrected chi connectivity index (χ2v) is 3.73. The molecule has 0 aliphatic carbocycles. The lowest BCUT2D eigenvalue weighted by atomic mass is 10.0. The maximum atomic E-state index is 10.5. The Hall–Kier alpha value is -2.15. The van der Waals surface area contributed by atoms with Crippen LogP contribution >= 0.6 is 0 Å². The van der Waals surface area contributed by atoms with Crippen molar-refractivity contribution < 1.29 is 15.0 Å². The molecule has 1 aliphatic heterocycles. The monoisotopic (exact) mass is 236 g/mol. The molecule has 1 aromatic rings. The van der Waals surface area contributed by atoms with Crippen LogP contribution in [0.4, 0.5) is 16.2 Å². The SMILES string of the molecule is NC(=O)N=Nc1cc2c(cc1O)NCC2CO. The first-order valence-corrected chi connectivity index (χ1v) is 5.04. The molecule has 0 bridgehead atoms. The van der Waals surface area contributed by atoms with Gasteiger partial charge in [-0.25, -0.2) is 4.79 Å². The number of hydrogen-bond donors (Lipinski definition) is 4. The molecule has 7 heteroatoms. The molecule has 2 rings (SSSR count). The number of aliphatic hydroxyl groups is 1. The van der Waals surface area contributed by atoms with E-state index in [9.17, 15) is 9.90 Å². The highest BCUT2D eigenvalue weighted by atomic mass is 16.3. The summed E-state index contributed by atoms with van der Waals surface area (Å²) in [7, 11) is 0. The van der Waals surface area contributed by atoms with Gasteiger partial charge in [0.2, 0.25) is 0 Å². The number of amides is 2. The Morgan fingerprint density at radius 1 is 1.59 bits per heavy atom. The van der Waals surface area contributed by atoms with Crippen molar-refractivity contribution in [1.29, 1.82) is 0 Å². The Morgan fingerprint density at radius 3 is 3.00 bits per heavy atom. The molecular formula is C10H12N4O3. The molecule has 0 aromatic heterocycles. The van der Waals surface area contributed by atoms with Crippen molar-refractivity contribution in [1.82, 2.24) is 0 Å². The van der Waals surface area contributed by atoms with Gasteiger partial charge in [0.25, 0.3) is 0 Å². The molecule has 7 nitrogen and oxygen atoms in total. The van der Waals surface area contributed by atoms with Crippen molar-refractivity contribution in [3.8, 4) is 5.75 Å². The molecule has 0 saturated carbocycles. The first-order chi connectivity index (χ1) is 8.11. The second kappa shape index (κ2) is 4.38. The summed E-state index contributed by atoms with van der Waals surface area (Å²) in [5.74, 6) is -0.145. The molecule has 1 aliphatic rings. The molecule has 2 amide bonds. The van der Waals surface area contributed by atoms with E-state index in [-0.39, 0.29) is 24.0 Å². The van der Waals surface area contributed by atoms with Crippen molar-refractivity contribution in [2.75, 3.05) is 18.5 Å². The number of aromatic hydroxyl groups is 1. The molecule has 5 N–H and O–H groups in total. The van der Waals surface area contributed by atoms with E-state index in [1.54, 1.807) is 6.07 Å². The summed E-state index contributed by atoms with van der Waals surface area (Å²) < 4.78 is 0. The summed E-state index contributed by atoms with van der Waals surface area (Å²) >= 11 is 0. The summed E-state index contributed by atoms with van der Waals surface area (Å²) in [5.41, 5.74) is 6.57. The van der Waals surface area contributed by atoms with Gasteiger partial charge >= 0.3 is 6.03 Å². The number of rotatable bonds is 2. The van der Waals surface area contributed by atoms with Crippen molar-refractivity contribution in [2.45, 2.75) is 5.92 Å². The van der Waals surface area contributed by atoms with Gasteiger partial charge in [-0.05, 0) is 11.6 Å². The maximum Gasteiger partial charge on any atom is 0.356 e. The maximum absolute atomic E-state index is 10.5. The smallest absolute Gasteiger partial charge is 0.356 e. The van der Waals surface area contributed by atoms with Crippen LogP contribution in [0.2, 0.25) is 0 Å². The van der Waals surface area contributed by atoms with Gasteiger partial charge in [0.1, 0.15) is 11.4 Å². The third-order valence-electron chi connectivity index (χ3n) is 2.60. The average Bonchev–Trinajstić information content (AvgIpc) is 2.67. The van der Waals surface area contributed by atoms with E-state index < -0.39 is 6.03 Å². The fourth-order valence-electron chi connectivity index (χ4n) is 1.77. The molecular weight excluding hydrogens is 224 g/mol. The van der Waals surface area contributed by atoms with E-state index in [2.05, 4.69) is 15.5 Å². The summed E-state index contributed by atoms with van der Waals surface area (Å²) in [5, 5.41) is 28.5. The van der Waals surface area contributed by atoms with Crippen LogP contribution in [-0.2, 0) is 0 Å². The van der Waals surface area contributed by atoms with E-state index in [1.807, 2.05) is 0 Å². The number of nitrogens with one attached hydrogen (secondary N) is 1. The number of benzene rings is 1. The van der Waals surface area contributed by atoms with Crippen LogP contribution in [0.5, 0.6) is 5.75 Å². The number of nitrogens with zero attached hydrogens (tertiary/aromatic N) is 2. The van der Waals surface area contributed by atoms with Crippen LogP contribution in [0.15, 0.2) is 22.4 Å². The lowest BCUT2D eigenvalue weighted by Crippen LogP contribution is -2.05. The number of azo groups is 1. The van der Waals surface area contributed by atoms with Crippen molar-refractivity contribution in [3.63, 3.8) is 0 Å². The minimum atomic E-state index is -0.929. The van der Waals surface area contributed by atoms with Gasteiger partial charge in [-0.15, -0.1) is 5.11 Å². The number of aliphatic hydroxyl groups excluding tert-OH is 1. The number of carbonyl (C=O) groups is 1. The lowest BCUT2D eigenvalue weighted by Gasteiger charge is -2.06. The molecule has 0 fully saturated rings. The van der Waals surface area contributed by atoms with Crippen LogP contribution in [0.1, 0.15) is 11.5 Å². The van der Waals surface area contributed by atoms with E-state index in [1.165, 1.54) is 6.07 Å². The predicted molar refractivity (Wildman–Crippen MR) is 60.5 cm³/mol. The molecule has 0 spiro atoms. The average molecular weight is 236 g/mol. The first kappa shape index (κ1) is 11.3. The van der Waals surface area contributed by atoms with Gasteiger partial charge in [0, 0.05) is 24.2 Å². The zero-order chi connectivity index (χ0) is 12.4. The number of anilines is 1. The molecule has 0 saturated heterocycles. The van der Waals surface area contributed by atoms with E-state index in [0.717, 1.165) is 11.3 Å². The summed E-state index contributed by atoms with van der Waals surface area (Å²) in [4.78, 5) is 10.5. The molecule has 1 unspecified atom stereocenters. The van der Waals surface area contributed by atoms with Crippen molar-refractivity contribution >= 4 is 17.4 Å². The zero-order valence-electron chi connectivity index (χ0n) is 8.92. The summed E-state index contributed by atoms with van der Waals surface area (Å²) in [6.45, 7) is 0.596. The number of fused-ring (bicyclic) bond motifs is 1. The Labute approximate surface area is 97.0 Å². The highest BCUT2D eigenvalue weighted by Gasteiger charge is 2.23. The Bertz CT molecular complexity index is 487. The number of carbonyl (C=O) groups excluding carboxylic acids is 1. The number of urea groups is 1. The Balaban J connectivity index is 2.39. The van der Waals surface area contributed by atoms with Gasteiger partial charge in [-0.1, -0.05) is 5.11 Å². The molecule has 1 atom stereocenters. The lowest BCUT2D eigenvalue weighted by molar-refractivity contribution is 0.255. The highest BCUT2D eigenvalue weighted by molar-refractivity contribution is 5.73. The van der Waals surface area contributed by atoms with Gasteiger partial charge < -0.3 is 21.3 Å². The summed E-state index contributed by atoms with van der Waals surface area (Å²) in [6, 6.07) is 2.14. The largest absolute Gasteiger partial charge is 0.506 e. The minimum Gasteiger partial charge on any atom is -0.506 e. The van der Waals surface area contributed by atoms with Crippen LogP contribution in [0.25, 0.3) is 0 Å². The van der Waals surface area contributed by atoms with Crippen molar-refractivity contribution in [2.24, 2.45) is 16.0 Å². The van der Waals surface area contributed by atoms with E-state index in [0.29, 0.717) is 6.54 Å².